The number of alkyl halides is 1. The highest BCUT2D eigenvalue weighted by Crippen LogP contribution is 2.44. The highest BCUT2D eigenvalue weighted by atomic mass is 35.5. The summed E-state index contributed by atoms with van der Waals surface area (Å²) in [7, 11) is 0. The number of fused-ring (bicyclic) bond motifs is 1. The fourth-order valence-corrected chi connectivity index (χ4v) is 3.37. The van der Waals surface area contributed by atoms with Crippen LogP contribution in [0.2, 0.25) is 0 Å². The predicted molar refractivity (Wildman–Crippen MR) is 71.5 cm³/mol. The topological polar surface area (TPSA) is 29.1 Å². The van der Waals surface area contributed by atoms with Crippen molar-refractivity contribution >= 4 is 34.8 Å². The summed E-state index contributed by atoms with van der Waals surface area (Å²) >= 11 is 7.71. The molecular formula is C13H10ClNOS. The van der Waals surface area contributed by atoms with E-state index in [1.165, 1.54) is 11.6 Å². The molecule has 1 aliphatic carbocycles. The lowest BCUT2D eigenvalue weighted by Gasteiger charge is -2.26. The van der Waals surface area contributed by atoms with Crippen LogP contribution in [0.4, 0.5) is 5.69 Å². The average molecular weight is 264 g/mol. The molecular weight excluding hydrogens is 254 g/mol. The van der Waals surface area contributed by atoms with Crippen LogP contribution in [0.3, 0.4) is 0 Å². The number of benzene rings is 1. The van der Waals surface area contributed by atoms with Crippen molar-refractivity contribution in [1.82, 2.24) is 0 Å². The fraction of sp³-hybridized carbons (Fsp3) is 0.154. The lowest BCUT2D eigenvalue weighted by Crippen LogP contribution is -2.22. The Morgan fingerprint density at radius 2 is 2.18 bits per heavy atom. The van der Waals surface area contributed by atoms with Crippen LogP contribution < -0.4 is 5.32 Å². The summed E-state index contributed by atoms with van der Waals surface area (Å²) < 4.78 is 0. The molecule has 0 fully saturated rings. The average Bonchev–Trinajstić information content (AvgIpc) is 2.32. The number of thioether (sulfide) groups is 1. The zero-order chi connectivity index (χ0) is 12.0. The van der Waals surface area contributed by atoms with Crippen molar-refractivity contribution in [3.05, 3.63) is 46.5 Å². The normalized spacial score (nSPS) is 22.0. The van der Waals surface area contributed by atoms with Crippen LogP contribution in [0.5, 0.6) is 0 Å². The largest absolute Gasteiger partial charge is 0.354 e. The van der Waals surface area contributed by atoms with Gasteiger partial charge >= 0.3 is 0 Å². The molecule has 0 bridgehead atoms. The van der Waals surface area contributed by atoms with E-state index in [4.69, 9.17) is 11.6 Å². The molecule has 0 spiro atoms. The van der Waals surface area contributed by atoms with Gasteiger partial charge in [0.25, 0.3) is 0 Å². The maximum atomic E-state index is 11.5. The third kappa shape index (κ3) is 1.79. The minimum absolute atomic E-state index is 0.0455. The molecule has 1 unspecified atom stereocenters. The van der Waals surface area contributed by atoms with E-state index in [1.807, 2.05) is 0 Å². The SMILES string of the molecule is Cc1ccc2c(c1)SC1=C(C=CC(=O)C1Cl)N2. The summed E-state index contributed by atoms with van der Waals surface area (Å²) in [6, 6.07) is 6.21. The lowest BCUT2D eigenvalue weighted by atomic mass is 10.1. The van der Waals surface area contributed by atoms with Crippen LogP contribution in [0.1, 0.15) is 5.56 Å². The van der Waals surface area contributed by atoms with Gasteiger partial charge in [0, 0.05) is 9.80 Å². The summed E-state index contributed by atoms with van der Waals surface area (Å²) in [6.07, 6.45) is 3.33. The van der Waals surface area contributed by atoms with Crippen molar-refractivity contribution < 1.29 is 4.79 Å². The Labute approximate surface area is 109 Å². The van der Waals surface area contributed by atoms with Crippen LogP contribution in [0.15, 0.2) is 45.8 Å². The van der Waals surface area contributed by atoms with Crippen LogP contribution >= 0.6 is 23.4 Å². The third-order valence-corrected chi connectivity index (χ3v) is 4.58. The Morgan fingerprint density at radius 3 is 3.00 bits per heavy atom. The summed E-state index contributed by atoms with van der Waals surface area (Å²) in [6.45, 7) is 2.05. The smallest absolute Gasteiger partial charge is 0.178 e. The molecule has 2 aliphatic rings. The van der Waals surface area contributed by atoms with E-state index in [1.54, 1.807) is 17.8 Å². The highest BCUT2D eigenvalue weighted by Gasteiger charge is 2.29. The minimum Gasteiger partial charge on any atom is -0.354 e. The van der Waals surface area contributed by atoms with Crippen LogP contribution in [-0.2, 0) is 4.79 Å². The second-order valence-corrected chi connectivity index (χ2v) is 5.62. The number of anilines is 1. The van der Waals surface area contributed by atoms with Gasteiger partial charge in [-0.05, 0) is 36.8 Å². The summed E-state index contributed by atoms with van der Waals surface area (Å²) in [4.78, 5) is 13.6. The number of halogens is 1. The predicted octanol–water partition coefficient (Wildman–Crippen LogP) is 3.47. The molecule has 17 heavy (non-hydrogen) atoms. The second-order valence-electron chi connectivity index (χ2n) is 4.10. The molecule has 3 rings (SSSR count). The summed E-state index contributed by atoms with van der Waals surface area (Å²) in [5, 5.41) is 2.76. The van der Waals surface area contributed by atoms with Gasteiger partial charge in [-0.3, -0.25) is 4.79 Å². The molecule has 1 aliphatic heterocycles. The number of nitrogens with one attached hydrogen (secondary N) is 1. The Morgan fingerprint density at radius 1 is 1.35 bits per heavy atom. The highest BCUT2D eigenvalue weighted by molar-refractivity contribution is 8.03. The van der Waals surface area contributed by atoms with Crippen LogP contribution in [0.25, 0.3) is 0 Å². The molecule has 2 nitrogen and oxygen atoms in total. The van der Waals surface area contributed by atoms with Gasteiger partial charge in [-0.15, -0.1) is 11.6 Å². The van der Waals surface area contributed by atoms with Crippen LogP contribution in [-0.4, -0.2) is 11.2 Å². The van der Waals surface area contributed by atoms with E-state index < -0.39 is 5.38 Å². The van der Waals surface area contributed by atoms with E-state index >= 15 is 0 Å². The molecule has 1 heterocycles. The molecule has 1 aromatic rings. The van der Waals surface area contributed by atoms with Gasteiger partial charge in [-0.1, -0.05) is 17.8 Å². The molecule has 4 heteroatoms. The number of allylic oxidation sites excluding steroid dienone is 3. The van der Waals surface area contributed by atoms with Crippen LogP contribution in [0, 0.1) is 6.92 Å². The molecule has 1 atom stereocenters. The van der Waals surface area contributed by atoms with Gasteiger partial charge in [0.2, 0.25) is 0 Å². The van der Waals surface area contributed by atoms with Crippen molar-refractivity contribution in [2.45, 2.75) is 17.2 Å². The maximum Gasteiger partial charge on any atom is 0.178 e. The van der Waals surface area contributed by atoms with Gasteiger partial charge < -0.3 is 5.32 Å². The first-order chi connectivity index (χ1) is 8.15. The molecule has 1 N–H and O–H groups in total. The quantitative estimate of drug-likeness (QED) is 0.727. The second kappa shape index (κ2) is 3.93. The fourth-order valence-electron chi connectivity index (χ4n) is 1.89. The van der Waals surface area contributed by atoms with Crippen molar-refractivity contribution in [2.24, 2.45) is 0 Å². The standard InChI is InChI=1S/C13H10ClNOS/c1-7-2-3-8-11(6-7)17-13-9(15-8)4-5-10(16)12(13)14/h2-6,12,15H,1H3. The Kier molecular flexibility index (Phi) is 2.53. The van der Waals surface area contributed by atoms with Gasteiger partial charge in [0.05, 0.1) is 11.4 Å². The number of carbonyl (C=O) groups excluding carboxylic acids is 1. The zero-order valence-corrected chi connectivity index (χ0v) is 10.7. The van der Waals surface area contributed by atoms with Crippen molar-refractivity contribution in [3.63, 3.8) is 0 Å². The molecule has 1 aromatic carbocycles. The van der Waals surface area contributed by atoms with E-state index in [0.29, 0.717) is 0 Å². The number of ketones is 1. The van der Waals surface area contributed by atoms with Gasteiger partial charge in [0.15, 0.2) is 5.78 Å². The maximum absolute atomic E-state index is 11.5. The van der Waals surface area contributed by atoms with Gasteiger partial charge in [0.1, 0.15) is 5.38 Å². The first kappa shape index (κ1) is 10.9. The van der Waals surface area contributed by atoms with E-state index in [-0.39, 0.29) is 5.78 Å². The number of carbonyl (C=O) groups is 1. The van der Waals surface area contributed by atoms with Crippen molar-refractivity contribution in [1.29, 1.82) is 0 Å². The number of hydrogen-bond acceptors (Lipinski definition) is 3. The summed E-state index contributed by atoms with van der Waals surface area (Å²) in [5.41, 5.74) is 3.21. The first-order valence-electron chi connectivity index (χ1n) is 5.31. The van der Waals surface area contributed by atoms with E-state index in [0.717, 1.165) is 21.2 Å². The molecule has 0 saturated carbocycles. The number of hydrogen-bond donors (Lipinski definition) is 1. The van der Waals surface area contributed by atoms with E-state index in [2.05, 4.69) is 30.4 Å². The minimum atomic E-state index is -0.554. The Bertz CT molecular complexity index is 577. The molecule has 86 valence electrons. The van der Waals surface area contributed by atoms with Crippen molar-refractivity contribution in [3.8, 4) is 0 Å². The number of rotatable bonds is 0. The molecule has 0 radical (unpaired) electrons. The van der Waals surface area contributed by atoms with Gasteiger partial charge in [-0.25, -0.2) is 0 Å². The molecule has 0 aromatic heterocycles. The first-order valence-corrected chi connectivity index (χ1v) is 6.56. The Balaban J connectivity index is 2.05. The van der Waals surface area contributed by atoms with E-state index in [9.17, 15) is 4.79 Å². The lowest BCUT2D eigenvalue weighted by molar-refractivity contribution is -0.113. The van der Waals surface area contributed by atoms with Gasteiger partial charge in [-0.2, -0.15) is 0 Å². The molecule has 0 amide bonds. The summed E-state index contributed by atoms with van der Waals surface area (Å²) in [5.74, 6) is -0.0455. The molecule has 0 saturated heterocycles. The zero-order valence-electron chi connectivity index (χ0n) is 9.16. The third-order valence-electron chi connectivity index (χ3n) is 2.79. The van der Waals surface area contributed by atoms with Crippen molar-refractivity contribution in [2.75, 3.05) is 5.32 Å². The number of aryl methyl sites for hydroxylation is 1. The Hall–Kier alpha value is -1.19. The monoisotopic (exact) mass is 263 g/mol.